The van der Waals surface area contributed by atoms with E-state index in [9.17, 15) is 8.42 Å². The summed E-state index contributed by atoms with van der Waals surface area (Å²) < 4.78 is 39.9. The van der Waals surface area contributed by atoms with E-state index >= 15 is 0 Å². The van der Waals surface area contributed by atoms with Crippen molar-refractivity contribution in [2.45, 2.75) is 17.7 Å². The highest BCUT2D eigenvalue weighted by atomic mass is 32.2. The molecule has 0 unspecified atom stereocenters. The van der Waals surface area contributed by atoms with Gasteiger partial charge in [-0.2, -0.15) is 4.52 Å². The average Bonchev–Trinajstić information content (AvgIpc) is 3.26. The van der Waals surface area contributed by atoms with Gasteiger partial charge in [0.05, 0.1) is 14.2 Å². The Bertz CT molecular complexity index is 1360. The van der Waals surface area contributed by atoms with E-state index < -0.39 is 10.0 Å². The van der Waals surface area contributed by atoms with Crippen LogP contribution < -0.4 is 19.5 Å². The van der Waals surface area contributed by atoms with Gasteiger partial charge in [-0.1, -0.05) is 24.3 Å². The van der Waals surface area contributed by atoms with Gasteiger partial charge in [0, 0.05) is 19.5 Å². The second-order valence-corrected chi connectivity index (χ2v) is 9.16. The Hall–Kier alpha value is -3.70. The van der Waals surface area contributed by atoms with E-state index in [0.29, 0.717) is 30.3 Å². The summed E-state index contributed by atoms with van der Waals surface area (Å²) in [7, 11) is -0.652. The molecule has 34 heavy (non-hydrogen) atoms. The van der Waals surface area contributed by atoms with Gasteiger partial charge in [0.25, 0.3) is 0 Å². The summed E-state index contributed by atoms with van der Waals surface area (Å²) in [5.41, 5.74) is 1.77. The molecule has 0 aliphatic rings. The number of hydrogen-bond donors (Lipinski definition) is 2. The third kappa shape index (κ3) is 5.43. The molecule has 0 spiro atoms. The number of nitrogens with zero attached hydrogens (tertiary/aromatic N) is 4. The zero-order valence-corrected chi connectivity index (χ0v) is 19.7. The highest BCUT2D eigenvalue weighted by molar-refractivity contribution is 7.89. The average molecular weight is 483 g/mol. The van der Waals surface area contributed by atoms with Crippen molar-refractivity contribution >= 4 is 21.5 Å². The lowest BCUT2D eigenvalue weighted by atomic mass is 10.1. The number of anilines is 1. The van der Waals surface area contributed by atoms with Crippen LogP contribution in [-0.4, -0.2) is 55.5 Å². The third-order valence-corrected chi connectivity index (χ3v) is 6.71. The number of hydrogen-bond acceptors (Lipinski definition) is 8. The third-order valence-electron chi connectivity index (χ3n) is 5.21. The first-order valence-corrected chi connectivity index (χ1v) is 12.2. The summed E-state index contributed by atoms with van der Waals surface area (Å²) in [6, 6.07) is 18.1. The molecular formula is C23H26N6O4S. The van der Waals surface area contributed by atoms with E-state index in [0.717, 1.165) is 12.2 Å². The second-order valence-electron chi connectivity index (χ2n) is 7.43. The van der Waals surface area contributed by atoms with Gasteiger partial charge in [-0.3, -0.25) is 0 Å². The molecule has 2 aromatic carbocycles. The number of fused-ring (bicyclic) bond motifs is 1. The summed E-state index contributed by atoms with van der Waals surface area (Å²) in [6.45, 7) is 0.832. The summed E-state index contributed by atoms with van der Waals surface area (Å²) in [5, 5.41) is 16.1. The molecular weight excluding hydrogens is 456 g/mol. The van der Waals surface area contributed by atoms with Crippen LogP contribution in [0.25, 0.3) is 5.65 Å². The molecule has 178 valence electrons. The van der Waals surface area contributed by atoms with E-state index in [1.165, 1.54) is 18.7 Å². The number of para-hydroxylation sites is 1. The molecule has 0 radical (unpaired) electrons. The topological polar surface area (TPSA) is 120 Å². The minimum absolute atomic E-state index is 0.0880. The number of benzene rings is 2. The first-order valence-electron chi connectivity index (χ1n) is 10.7. The predicted octanol–water partition coefficient (Wildman–Crippen LogP) is 2.32. The number of rotatable bonds is 11. The van der Waals surface area contributed by atoms with Crippen molar-refractivity contribution in [2.75, 3.05) is 32.6 Å². The highest BCUT2D eigenvalue weighted by Gasteiger charge is 2.19. The van der Waals surface area contributed by atoms with Crippen LogP contribution in [0.3, 0.4) is 0 Å². The molecule has 0 amide bonds. The maximum absolute atomic E-state index is 12.7. The van der Waals surface area contributed by atoms with Gasteiger partial charge in [-0.05, 0) is 48.4 Å². The van der Waals surface area contributed by atoms with Crippen LogP contribution in [0.4, 0.5) is 5.82 Å². The first kappa shape index (κ1) is 23.5. The van der Waals surface area contributed by atoms with Crippen LogP contribution in [0.2, 0.25) is 0 Å². The molecule has 0 aliphatic carbocycles. The summed E-state index contributed by atoms with van der Waals surface area (Å²) in [6.07, 6.45) is 1.14. The Morgan fingerprint density at radius 3 is 2.44 bits per heavy atom. The van der Waals surface area contributed by atoms with Crippen LogP contribution in [0.15, 0.2) is 65.6 Å². The molecule has 4 aromatic rings. The lowest BCUT2D eigenvalue weighted by Crippen LogP contribution is -2.27. The van der Waals surface area contributed by atoms with Gasteiger partial charge in [0.1, 0.15) is 22.2 Å². The van der Waals surface area contributed by atoms with Gasteiger partial charge >= 0.3 is 0 Å². The number of sulfonamides is 1. The molecule has 0 fully saturated rings. The van der Waals surface area contributed by atoms with Crippen LogP contribution in [0, 0.1) is 0 Å². The van der Waals surface area contributed by atoms with Gasteiger partial charge in [0.2, 0.25) is 10.0 Å². The minimum Gasteiger partial charge on any atom is -0.497 e. The molecule has 2 N–H and O–H groups in total. The molecule has 4 rings (SSSR count). The van der Waals surface area contributed by atoms with Crippen LogP contribution in [0.5, 0.6) is 11.5 Å². The Balaban J connectivity index is 1.37. The van der Waals surface area contributed by atoms with Crippen molar-refractivity contribution in [1.82, 2.24) is 24.5 Å². The fraction of sp³-hybridized carbons (Fsp3) is 0.261. The normalized spacial score (nSPS) is 11.5. The van der Waals surface area contributed by atoms with Crippen molar-refractivity contribution in [3.63, 3.8) is 0 Å². The number of nitrogens with one attached hydrogen (secondary N) is 2. The molecule has 0 aliphatic heterocycles. The zero-order chi connectivity index (χ0) is 24.0. The lowest BCUT2D eigenvalue weighted by molar-refractivity contribution is 0.402. The van der Waals surface area contributed by atoms with Crippen molar-refractivity contribution in [3.05, 3.63) is 72.1 Å². The largest absolute Gasteiger partial charge is 0.497 e. The Labute approximate surface area is 198 Å². The number of ether oxygens (including phenoxy) is 2. The Morgan fingerprint density at radius 2 is 1.68 bits per heavy atom. The predicted molar refractivity (Wildman–Crippen MR) is 128 cm³/mol. The van der Waals surface area contributed by atoms with Crippen LogP contribution in [-0.2, 0) is 22.9 Å². The van der Waals surface area contributed by atoms with Crippen LogP contribution >= 0.6 is 0 Å². The van der Waals surface area contributed by atoms with Crippen molar-refractivity contribution < 1.29 is 17.9 Å². The maximum Gasteiger partial charge on any atom is 0.244 e. The van der Waals surface area contributed by atoms with E-state index in [2.05, 4.69) is 25.3 Å². The quantitative estimate of drug-likeness (QED) is 0.334. The SMILES string of the molecule is COc1ccc(CCNc2ccc3nnc(CCNS(=O)(=O)c4ccccc4OC)n3n2)cc1. The fourth-order valence-corrected chi connectivity index (χ4v) is 4.63. The van der Waals surface area contributed by atoms with Gasteiger partial charge in [-0.15, -0.1) is 15.3 Å². The fourth-order valence-electron chi connectivity index (χ4n) is 3.43. The monoisotopic (exact) mass is 482 g/mol. The molecule has 10 nitrogen and oxygen atoms in total. The summed E-state index contributed by atoms with van der Waals surface area (Å²) >= 11 is 0. The maximum atomic E-state index is 12.7. The standard InChI is InChI=1S/C23H26N6O4S/c1-32-18-9-7-17(8-10-18)13-15-24-21-11-12-22-26-27-23(29(22)28-21)14-16-25-34(30,31)20-6-4-3-5-19(20)33-2/h3-12,25H,13-16H2,1-2H3,(H,24,28). The van der Waals surface area contributed by atoms with Gasteiger partial charge in [0.15, 0.2) is 11.5 Å². The first-order chi connectivity index (χ1) is 16.5. The van der Waals surface area contributed by atoms with Gasteiger partial charge < -0.3 is 14.8 Å². The lowest BCUT2D eigenvalue weighted by Gasteiger charge is -2.10. The van der Waals surface area contributed by atoms with Crippen molar-refractivity contribution in [1.29, 1.82) is 0 Å². The molecule has 0 saturated carbocycles. The second kappa shape index (κ2) is 10.5. The smallest absolute Gasteiger partial charge is 0.244 e. The Kier molecular flexibility index (Phi) is 7.24. The van der Waals surface area contributed by atoms with E-state index in [1.807, 2.05) is 36.4 Å². The van der Waals surface area contributed by atoms with E-state index in [4.69, 9.17) is 9.47 Å². The van der Waals surface area contributed by atoms with Gasteiger partial charge in [-0.25, -0.2) is 13.1 Å². The zero-order valence-electron chi connectivity index (χ0n) is 18.9. The number of methoxy groups -OCH3 is 2. The minimum atomic E-state index is -3.73. The molecule has 0 saturated heterocycles. The molecule has 11 heteroatoms. The molecule has 2 aromatic heterocycles. The van der Waals surface area contributed by atoms with Crippen LogP contribution in [0.1, 0.15) is 11.4 Å². The van der Waals surface area contributed by atoms with E-state index in [1.54, 1.807) is 29.8 Å². The molecule has 2 heterocycles. The molecule has 0 atom stereocenters. The summed E-state index contributed by atoms with van der Waals surface area (Å²) in [5.74, 6) is 2.34. The summed E-state index contributed by atoms with van der Waals surface area (Å²) in [4.78, 5) is 0.0880. The van der Waals surface area contributed by atoms with E-state index in [-0.39, 0.29) is 17.2 Å². The number of aromatic nitrogens is 4. The Morgan fingerprint density at radius 1 is 0.882 bits per heavy atom. The van der Waals surface area contributed by atoms with Crippen molar-refractivity contribution in [2.24, 2.45) is 0 Å². The highest BCUT2D eigenvalue weighted by Crippen LogP contribution is 2.22. The molecule has 0 bridgehead atoms. The van der Waals surface area contributed by atoms with Crippen molar-refractivity contribution in [3.8, 4) is 11.5 Å².